The van der Waals surface area contributed by atoms with E-state index in [-0.39, 0.29) is 37.2 Å². The molecule has 2 aliphatic rings. The zero-order valence-electron chi connectivity index (χ0n) is 25.1. The third-order valence-corrected chi connectivity index (χ3v) is 9.58. The third kappa shape index (κ3) is 6.41. The van der Waals surface area contributed by atoms with Gasteiger partial charge in [-0.3, -0.25) is 14.5 Å². The number of imide groups is 1. The summed E-state index contributed by atoms with van der Waals surface area (Å²) in [5, 5.41) is 9.53. The molecule has 2 aliphatic heterocycles. The predicted molar refractivity (Wildman–Crippen MR) is 178 cm³/mol. The molecule has 1 saturated heterocycles. The molecule has 0 bridgehead atoms. The van der Waals surface area contributed by atoms with Gasteiger partial charge in [0.25, 0.3) is 11.8 Å². The fourth-order valence-electron chi connectivity index (χ4n) is 6.01. The minimum Gasteiger partial charge on any atom is -0.392 e. The number of benzene rings is 5. The van der Waals surface area contributed by atoms with Crippen molar-refractivity contribution in [1.82, 2.24) is 4.90 Å². The molecular formula is C39H33NO5S. The van der Waals surface area contributed by atoms with Crippen molar-refractivity contribution >= 4 is 23.6 Å². The minimum atomic E-state index is -0.570. The number of aliphatic hydroxyl groups is 1. The first-order valence-electron chi connectivity index (χ1n) is 15.4. The highest BCUT2D eigenvalue weighted by Gasteiger charge is 2.35. The average molecular weight is 628 g/mol. The summed E-state index contributed by atoms with van der Waals surface area (Å²) in [6.07, 6.45) is -0.0642. The van der Waals surface area contributed by atoms with Crippen molar-refractivity contribution in [3.8, 4) is 11.1 Å². The van der Waals surface area contributed by atoms with Crippen LogP contribution in [0.5, 0.6) is 0 Å². The van der Waals surface area contributed by atoms with Crippen LogP contribution in [0.2, 0.25) is 0 Å². The minimum absolute atomic E-state index is 0.000169. The van der Waals surface area contributed by atoms with Crippen molar-refractivity contribution < 1.29 is 24.2 Å². The summed E-state index contributed by atoms with van der Waals surface area (Å²) in [5.41, 5.74) is 6.55. The lowest BCUT2D eigenvalue weighted by molar-refractivity contribution is -0.245. The zero-order valence-corrected chi connectivity index (χ0v) is 25.9. The van der Waals surface area contributed by atoms with Gasteiger partial charge in [0.15, 0.2) is 6.29 Å². The quantitative estimate of drug-likeness (QED) is 0.132. The van der Waals surface area contributed by atoms with Crippen LogP contribution in [-0.4, -0.2) is 33.7 Å². The van der Waals surface area contributed by atoms with Crippen LogP contribution in [-0.2, 0) is 22.6 Å². The van der Waals surface area contributed by atoms with Gasteiger partial charge in [-0.05, 0) is 64.2 Å². The van der Waals surface area contributed by atoms with E-state index in [1.165, 1.54) is 9.80 Å². The van der Waals surface area contributed by atoms with Gasteiger partial charge in [0.2, 0.25) is 0 Å². The fourth-order valence-corrected chi connectivity index (χ4v) is 6.95. The lowest BCUT2D eigenvalue weighted by atomic mass is 9.99. The molecule has 7 heteroatoms. The highest BCUT2D eigenvalue weighted by molar-refractivity contribution is 7.99. The number of carbonyl (C=O) groups excluding carboxylic acids is 2. The Balaban J connectivity index is 1.12. The van der Waals surface area contributed by atoms with Crippen molar-refractivity contribution in [1.29, 1.82) is 0 Å². The molecule has 1 fully saturated rings. The van der Waals surface area contributed by atoms with Crippen LogP contribution in [0.4, 0.5) is 0 Å². The Bertz CT molecular complexity index is 1820. The van der Waals surface area contributed by atoms with E-state index in [4.69, 9.17) is 9.47 Å². The Labute approximate surface area is 272 Å². The number of fused-ring (bicyclic) bond motifs is 1. The number of carbonyl (C=O) groups is 2. The standard InChI is InChI=1S/C39H33NO5S/c41-24-26-16-18-28(19-17-26)36-22-32(25-46-33-12-2-1-3-13-33)44-39(45-36)31-11-7-10-30(21-31)29-9-6-8-27(20-29)23-40-37(42)34-14-4-5-15-35(34)38(40)43/h1-21,32,36,39,41H,22-25H2. The number of hydrogen-bond acceptors (Lipinski definition) is 6. The van der Waals surface area contributed by atoms with Crippen molar-refractivity contribution in [3.63, 3.8) is 0 Å². The van der Waals surface area contributed by atoms with Gasteiger partial charge in [-0.15, -0.1) is 11.8 Å². The summed E-state index contributed by atoms with van der Waals surface area (Å²) < 4.78 is 13.2. The largest absolute Gasteiger partial charge is 0.392 e. The SMILES string of the molecule is O=C1c2ccccc2C(=O)N1Cc1cccc(-c2cccc(C3OC(CSc4ccccc4)CC(c4ccc(CO)cc4)O3)c2)c1. The molecule has 46 heavy (non-hydrogen) atoms. The number of rotatable bonds is 9. The third-order valence-electron chi connectivity index (χ3n) is 8.43. The second kappa shape index (κ2) is 13.4. The number of aliphatic hydroxyl groups excluding tert-OH is 1. The molecular weight excluding hydrogens is 594 g/mol. The van der Waals surface area contributed by atoms with Crippen LogP contribution in [0.3, 0.4) is 0 Å². The molecule has 5 aromatic rings. The molecule has 0 aromatic heterocycles. The molecule has 0 radical (unpaired) electrons. The van der Waals surface area contributed by atoms with E-state index >= 15 is 0 Å². The molecule has 7 rings (SSSR count). The summed E-state index contributed by atoms with van der Waals surface area (Å²) in [5.74, 6) is 0.259. The lowest BCUT2D eigenvalue weighted by Crippen LogP contribution is -2.31. The molecule has 0 saturated carbocycles. The van der Waals surface area contributed by atoms with E-state index in [1.807, 2.05) is 84.9 Å². The van der Waals surface area contributed by atoms with Crippen molar-refractivity contribution in [3.05, 3.63) is 161 Å². The van der Waals surface area contributed by atoms with Gasteiger partial charge >= 0.3 is 0 Å². The predicted octanol–water partition coefficient (Wildman–Crippen LogP) is 7.98. The van der Waals surface area contributed by atoms with Gasteiger partial charge in [-0.2, -0.15) is 0 Å². The van der Waals surface area contributed by atoms with Crippen LogP contribution in [0.1, 0.15) is 61.8 Å². The maximum absolute atomic E-state index is 13.0. The van der Waals surface area contributed by atoms with Crippen LogP contribution >= 0.6 is 11.8 Å². The molecule has 3 unspecified atom stereocenters. The number of thioether (sulfide) groups is 1. The maximum Gasteiger partial charge on any atom is 0.261 e. The molecule has 3 atom stereocenters. The number of nitrogens with zero attached hydrogens (tertiary/aromatic N) is 1. The van der Waals surface area contributed by atoms with Gasteiger partial charge in [0.05, 0.1) is 36.5 Å². The van der Waals surface area contributed by atoms with Crippen molar-refractivity contribution in [2.45, 2.75) is 43.0 Å². The monoisotopic (exact) mass is 627 g/mol. The van der Waals surface area contributed by atoms with Gasteiger partial charge < -0.3 is 14.6 Å². The Morgan fingerprint density at radius 2 is 1.35 bits per heavy atom. The second-order valence-corrected chi connectivity index (χ2v) is 12.6. The topological polar surface area (TPSA) is 76.1 Å². The average Bonchev–Trinajstić information content (AvgIpc) is 3.36. The smallest absolute Gasteiger partial charge is 0.261 e. The van der Waals surface area contributed by atoms with E-state index in [9.17, 15) is 14.7 Å². The van der Waals surface area contributed by atoms with E-state index in [1.54, 1.807) is 36.0 Å². The van der Waals surface area contributed by atoms with E-state index in [0.717, 1.165) is 39.1 Å². The van der Waals surface area contributed by atoms with Gasteiger partial charge in [-0.1, -0.05) is 91.0 Å². The Kier molecular flexibility index (Phi) is 8.81. The number of hydrogen-bond donors (Lipinski definition) is 1. The molecule has 2 heterocycles. The molecule has 230 valence electrons. The summed E-state index contributed by atoms with van der Waals surface area (Å²) >= 11 is 1.77. The summed E-state index contributed by atoms with van der Waals surface area (Å²) in [6, 6.07) is 41.3. The lowest BCUT2D eigenvalue weighted by Gasteiger charge is -2.36. The molecule has 1 N–H and O–H groups in total. The van der Waals surface area contributed by atoms with Crippen LogP contribution in [0, 0.1) is 0 Å². The molecule has 6 nitrogen and oxygen atoms in total. The van der Waals surface area contributed by atoms with Gasteiger partial charge in [-0.25, -0.2) is 0 Å². The van der Waals surface area contributed by atoms with Crippen LogP contribution in [0.25, 0.3) is 11.1 Å². The normalized spacial score (nSPS) is 19.3. The van der Waals surface area contributed by atoms with Gasteiger partial charge in [0.1, 0.15) is 0 Å². The Hall–Kier alpha value is -4.53. The van der Waals surface area contributed by atoms with Crippen LogP contribution in [0.15, 0.2) is 132 Å². The molecule has 0 spiro atoms. The molecule has 5 aromatic carbocycles. The first kappa shape index (κ1) is 30.1. The van der Waals surface area contributed by atoms with E-state index in [0.29, 0.717) is 17.5 Å². The van der Waals surface area contributed by atoms with E-state index in [2.05, 4.69) is 18.2 Å². The highest BCUT2D eigenvalue weighted by Crippen LogP contribution is 2.40. The summed E-state index contributed by atoms with van der Waals surface area (Å²) in [4.78, 5) is 28.4. The number of amides is 2. The number of ether oxygens (including phenoxy) is 2. The summed E-state index contributed by atoms with van der Waals surface area (Å²) in [6.45, 7) is 0.201. The summed E-state index contributed by atoms with van der Waals surface area (Å²) in [7, 11) is 0. The van der Waals surface area contributed by atoms with Crippen LogP contribution < -0.4 is 0 Å². The van der Waals surface area contributed by atoms with Crippen molar-refractivity contribution in [2.24, 2.45) is 0 Å². The molecule has 2 amide bonds. The maximum atomic E-state index is 13.0. The van der Waals surface area contributed by atoms with Crippen molar-refractivity contribution in [2.75, 3.05) is 5.75 Å². The Morgan fingerprint density at radius 1 is 0.674 bits per heavy atom. The second-order valence-electron chi connectivity index (χ2n) is 11.5. The first-order chi connectivity index (χ1) is 22.6. The Morgan fingerprint density at radius 3 is 2.07 bits per heavy atom. The highest BCUT2D eigenvalue weighted by atomic mass is 32.2. The van der Waals surface area contributed by atoms with E-state index < -0.39 is 6.29 Å². The fraction of sp³-hybridized carbons (Fsp3) is 0.179. The molecule has 0 aliphatic carbocycles. The first-order valence-corrected chi connectivity index (χ1v) is 16.4. The van der Waals surface area contributed by atoms with Gasteiger partial charge in [0, 0.05) is 22.6 Å². The zero-order chi connectivity index (χ0) is 31.5.